The molecule has 0 aromatic rings. The number of carbonyl (C=O) groups excluding carboxylic acids is 2. The molecule has 0 amide bonds. The van der Waals surface area contributed by atoms with Gasteiger partial charge in [0.05, 0.1) is 6.61 Å². The smallest absolute Gasteiger partial charge is 0.313 e. The Morgan fingerprint density at radius 3 is 2.06 bits per heavy atom. The fraction of sp³-hybridized carbons (Fsp3) is 0.750. The van der Waals surface area contributed by atoms with Crippen LogP contribution in [0.15, 0.2) is 0 Å². The number of unbranched alkanes of at least 4 members (excludes halogenated alkanes) is 3. The van der Waals surface area contributed by atoms with Crippen molar-refractivity contribution >= 4 is 11.8 Å². The predicted octanol–water partition coefficient (Wildman–Crippen LogP) is 2.93. The first kappa shape index (κ1) is 21.3. The van der Waals surface area contributed by atoms with E-state index in [9.17, 15) is 9.59 Å². The third kappa shape index (κ3) is 23.7. The summed E-state index contributed by atoms with van der Waals surface area (Å²) in [4.78, 5) is 20.6. The van der Waals surface area contributed by atoms with E-state index in [-0.39, 0.29) is 38.4 Å². The van der Waals surface area contributed by atoms with Crippen LogP contribution >= 0.6 is 0 Å². The molecule has 0 aliphatic heterocycles. The number of hydrogen-bond acceptors (Lipinski definition) is 3. The van der Waals surface area contributed by atoms with E-state index in [0.717, 1.165) is 0 Å². The zero-order chi connectivity index (χ0) is 12.1. The molecular weight excluding hydrogens is 283 g/mol. The van der Waals surface area contributed by atoms with Gasteiger partial charge in [0.25, 0.3) is 0 Å². The zero-order valence-electron chi connectivity index (χ0n) is 10.8. The minimum absolute atomic E-state index is 0. The van der Waals surface area contributed by atoms with Crippen molar-refractivity contribution in [2.24, 2.45) is 0 Å². The van der Waals surface area contributed by atoms with Crippen molar-refractivity contribution in [2.75, 3.05) is 6.61 Å². The van der Waals surface area contributed by atoms with E-state index in [1.54, 1.807) is 6.92 Å². The van der Waals surface area contributed by atoms with Gasteiger partial charge in [0, 0.05) is 26.2 Å². The van der Waals surface area contributed by atoms with Gasteiger partial charge in [-0.1, -0.05) is 19.8 Å². The van der Waals surface area contributed by atoms with Gasteiger partial charge in [0.1, 0.15) is 12.2 Å². The van der Waals surface area contributed by atoms with Crippen LogP contribution in [0.1, 0.15) is 53.4 Å². The molecule has 16 heavy (non-hydrogen) atoms. The molecule has 0 spiro atoms. The van der Waals surface area contributed by atoms with Crippen LogP contribution in [-0.4, -0.2) is 18.4 Å². The van der Waals surface area contributed by atoms with E-state index < -0.39 is 5.97 Å². The fourth-order valence-electron chi connectivity index (χ4n) is 0.824. The van der Waals surface area contributed by atoms with Crippen LogP contribution in [0.4, 0.5) is 0 Å². The monoisotopic (exact) mass is 305 g/mol. The largest absolute Gasteiger partial charge is 0.466 e. The van der Waals surface area contributed by atoms with Crippen LogP contribution in [0, 0.1) is 6.42 Å². The zero-order valence-corrected chi connectivity index (χ0v) is 13.3. The number of rotatable bonds is 6. The van der Waals surface area contributed by atoms with Crippen molar-refractivity contribution in [3.05, 3.63) is 6.42 Å². The van der Waals surface area contributed by atoms with Gasteiger partial charge in [0.2, 0.25) is 0 Å². The van der Waals surface area contributed by atoms with Crippen LogP contribution in [0.25, 0.3) is 0 Å². The van der Waals surface area contributed by atoms with E-state index in [2.05, 4.69) is 25.0 Å². The summed E-state index contributed by atoms with van der Waals surface area (Å²) in [6, 6.07) is 0. The van der Waals surface area contributed by atoms with Gasteiger partial charge in [-0.05, 0) is 13.8 Å². The standard InChI is InChI=1S/C6H10O3.C6H13.Zr/c1-3-9-6(8)4-5(2)7;1-3-5-6-4-2;/h3-4H2,1-2H3;3H,4-6H2,1-2H3;/q;-1;. The summed E-state index contributed by atoms with van der Waals surface area (Å²) in [6.07, 6.45) is 6.08. The molecule has 94 valence electrons. The van der Waals surface area contributed by atoms with Gasteiger partial charge >= 0.3 is 5.97 Å². The average Bonchev–Trinajstić information content (AvgIpc) is 2.15. The second-order valence-electron chi connectivity index (χ2n) is 3.23. The first-order chi connectivity index (χ1) is 7.08. The SMILES string of the molecule is CCOC(=O)CC(C)=O.C[CH-]CCCC.[Zr]. The molecule has 0 fully saturated rings. The van der Waals surface area contributed by atoms with Crippen LogP contribution < -0.4 is 0 Å². The van der Waals surface area contributed by atoms with Gasteiger partial charge < -0.3 is 11.2 Å². The molecule has 0 aliphatic rings. The van der Waals surface area contributed by atoms with E-state index in [1.807, 2.05) is 0 Å². The molecule has 4 heteroatoms. The minimum atomic E-state index is -0.440. The Hall–Kier alpha value is 0.0231. The summed E-state index contributed by atoms with van der Waals surface area (Å²) in [5.41, 5.74) is 0. The van der Waals surface area contributed by atoms with Crippen molar-refractivity contribution in [3.8, 4) is 0 Å². The van der Waals surface area contributed by atoms with Gasteiger partial charge in [-0.2, -0.15) is 13.3 Å². The molecule has 0 N–H and O–H groups in total. The maximum Gasteiger partial charge on any atom is 0.313 e. The van der Waals surface area contributed by atoms with Gasteiger partial charge in [-0.15, -0.1) is 0 Å². The molecule has 0 bridgehead atoms. The summed E-state index contributed by atoms with van der Waals surface area (Å²) in [7, 11) is 0. The molecule has 0 unspecified atom stereocenters. The molecule has 0 aromatic carbocycles. The molecule has 0 aliphatic carbocycles. The number of ether oxygens (including phenoxy) is 1. The van der Waals surface area contributed by atoms with Crippen molar-refractivity contribution < 1.29 is 40.5 Å². The number of hydrogen-bond donors (Lipinski definition) is 0. The molecule has 0 saturated heterocycles. The van der Waals surface area contributed by atoms with Crippen LogP contribution in [0.3, 0.4) is 0 Å². The molecule has 0 saturated carbocycles. The Morgan fingerprint density at radius 1 is 1.25 bits per heavy atom. The Bertz CT molecular complexity index is 166. The first-order valence-corrected chi connectivity index (χ1v) is 5.51. The minimum Gasteiger partial charge on any atom is -0.466 e. The quantitative estimate of drug-likeness (QED) is 0.328. The first-order valence-electron chi connectivity index (χ1n) is 5.51. The predicted molar refractivity (Wildman–Crippen MR) is 61.4 cm³/mol. The average molecular weight is 307 g/mol. The normalized spacial score (nSPS) is 8.25. The maximum absolute atomic E-state index is 10.4. The summed E-state index contributed by atoms with van der Waals surface area (Å²) >= 11 is 0. The van der Waals surface area contributed by atoms with Crippen LogP contribution in [-0.2, 0) is 40.5 Å². The second-order valence-corrected chi connectivity index (χ2v) is 3.23. The summed E-state index contributed by atoms with van der Waals surface area (Å²) in [5.74, 6) is -0.599. The third-order valence-electron chi connectivity index (χ3n) is 1.54. The summed E-state index contributed by atoms with van der Waals surface area (Å²) < 4.78 is 4.49. The van der Waals surface area contributed by atoms with Crippen LogP contribution in [0.5, 0.6) is 0 Å². The topological polar surface area (TPSA) is 43.4 Å². The van der Waals surface area contributed by atoms with Crippen molar-refractivity contribution in [1.82, 2.24) is 0 Å². The molecule has 3 nitrogen and oxygen atoms in total. The molecule has 0 aromatic heterocycles. The molecule has 0 rings (SSSR count). The van der Waals surface area contributed by atoms with Gasteiger partial charge in [0.15, 0.2) is 0 Å². The molecular formula is C12H23O3Zr-. The number of Topliss-reactive ketones (excluding diaryl/α,β-unsaturated/α-hetero) is 1. The second kappa shape index (κ2) is 17.4. The van der Waals surface area contributed by atoms with Crippen LogP contribution in [0.2, 0.25) is 0 Å². The molecule has 0 heterocycles. The Balaban J connectivity index is -0.000000214. The number of esters is 1. The number of carbonyl (C=O) groups is 2. The van der Waals surface area contributed by atoms with Crippen molar-refractivity contribution in [3.63, 3.8) is 0 Å². The summed E-state index contributed by atoms with van der Waals surface area (Å²) in [5, 5.41) is 0. The van der Waals surface area contributed by atoms with E-state index >= 15 is 0 Å². The van der Waals surface area contributed by atoms with E-state index in [4.69, 9.17) is 0 Å². The third-order valence-corrected chi connectivity index (χ3v) is 1.54. The number of ketones is 1. The summed E-state index contributed by atoms with van der Waals surface area (Å²) in [6.45, 7) is 7.72. The van der Waals surface area contributed by atoms with Crippen molar-refractivity contribution in [1.29, 1.82) is 0 Å². The Morgan fingerprint density at radius 2 is 1.81 bits per heavy atom. The fourth-order valence-corrected chi connectivity index (χ4v) is 0.824. The Labute approximate surface area is 118 Å². The molecule has 0 radical (unpaired) electrons. The van der Waals surface area contributed by atoms with Gasteiger partial charge in [-0.25, -0.2) is 0 Å². The van der Waals surface area contributed by atoms with Gasteiger partial charge in [-0.3, -0.25) is 9.59 Å². The Kier molecular flexibility index (Phi) is 23.2. The van der Waals surface area contributed by atoms with E-state index in [0.29, 0.717) is 6.61 Å². The van der Waals surface area contributed by atoms with E-state index in [1.165, 1.54) is 26.2 Å². The maximum atomic E-state index is 10.4. The van der Waals surface area contributed by atoms with Crippen molar-refractivity contribution in [2.45, 2.75) is 53.4 Å². The molecule has 0 atom stereocenters.